The molecule has 0 amide bonds. The lowest BCUT2D eigenvalue weighted by molar-refractivity contribution is -0.118. The molecule has 0 aliphatic heterocycles. The van der Waals surface area contributed by atoms with Gasteiger partial charge in [0.2, 0.25) is 0 Å². The van der Waals surface area contributed by atoms with Crippen molar-refractivity contribution < 1.29 is 4.79 Å². The van der Waals surface area contributed by atoms with Gasteiger partial charge in [0.25, 0.3) is 0 Å². The van der Waals surface area contributed by atoms with Gasteiger partial charge in [-0.05, 0) is 17.9 Å². The molecule has 1 aliphatic carbocycles. The number of hydrogen-bond donors (Lipinski definition) is 0. The van der Waals surface area contributed by atoms with Crippen molar-refractivity contribution in [3.63, 3.8) is 0 Å². The van der Waals surface area contributed by atoms with Gasteiger partial charge in [0.15, 0.2) is 0 Å². The number of rotatable bonds is 1. The van der Waals surface area contributed by atoms with Crippen LogP contribution >= 0.6 is 0 Å². The van der Waals surface area contributed by atoms with Crippen molar-refractivity contribution in [3.05, 3.63) is 35.4 Å². The largest absolute Gasteiger partial charge is 0.300 e. The van der Waals surface area contributed by atoms with Crippen molar-refractivity contribution in [2.45, 2.75) is 46.0 Å². The molecular formula is C15H20O. The van der Waals surface area contributed by atoms with Crippen LogP contribution in [-0.2, 0) is 10.2 Å². The molecule has 2 rings (SSSR count). The van der Waals surface area contributed by atoms with Gasteiger partial charge in [-0.1, -0.05) is 50.6 Å². The van der Waals surface area contributed by atoms with Crippen LogP contribution in [0.2, 0.25) is 0 Å². The highest BCUT2D eigenvalue weighted by Crippen LogP contribution is 2.52. The summed E-state index contributed by atoms with van der Waals surface area (Å²) < 4.78 is 0. The van der Waals surface area contributed by atoms with Gasteiger partial charge in [-0.2, -0.15) is 0 Å². The zero-order valence-electron chi connectivity index (χ0n) is 10.6. The van der Waals surface area contributed by atoms with Crippen molar-refractivity contribution >= 4 is 5.78 Å². The first-order valence-corrected chi connectivity index (χ1v) is 5.94. The third-order valence-electron chi connectivity index (χ3n) is 4.37. The molecule has 86 valence electrons. The maximum Gasteiger partial charge on any atom is 0.134 e. The number of carbonyl (C=O) groups is 1. The number of carbonyl (C=O) groups excluding carboxylic acids is 1. The fraction of sp³-hybridized carbons (Fsp3) is 0.533. The number of ketones is 1. The first kappa shape index (κ1) is 11.4. The predicted molar refractivity (Wildman–Crippen MR) is 66.6 cm³/mol. The molecule has 1 aromatic rings. The molecule has 16 heavy (non-hydrogen) atoms. The van der Waals surface area contributed by atoms with E-state index >= 15 is 0 Å². The van der Waals surface area contributed by atoms with Crippen LogP contribution in [0.15, 0.2) is 24.3 Å². The molecule has 0 heterocycles. The Hall–Kier alpha value is -1.11. The normalized spacial score (nSPS) is 28.4. The molecule has 0 N–H and O–H groups in total. The SMILES string of the molecule is Cc1ccc([C@]2(C)CC(=O)CC2(C)C)cc1. The Morgan fingerprint density at radius 3 is 2.00 bits per heavy atom. The number of Topliss-reactive ketones (excluding diaryl/α,β-unsaturated/α-hetero) is 1. The first-order chi connectivity index (χ1) is 7.35. The quantitative estimate of drug-likeness (QED) is 0.700. The third-order valence-corrected chi connectivity index (χ3v) is 4.37. The highest BCUT2D eigenvalue weighted by Gasteiger charge is 2.49. The monoisotopic (exact) mass is 216 g/mol. The zero-order valence-corrected chi connectivity index (χ0v) is 10.6. The van der Waals surface area contributed by atoms with Crippen LogP contribution in [-0.4, -0.2) is 5.78 Å². The van der Waals surface area contributed by atoms with Gasteiger partial charge in [-0.3, -0.25) is 4.79 Å². The highest BCUT2D eigenvalue weighted by molar-refractivity contribution is 5.84. The van der Waals surface area contributed by atoms with Crippen LogP contribution in [0.3, 0.4) is 0 Å². The number of benzene rings is 1. The Labute approximate surface area is 97.9 Å². The summed E-state index contributed by atoms with van der Waals surface area (Å²) in [5.74, 6) is 0.396. The summed E-state index contributed by atoms with van der Waals surface area (Å²) >= 11 is 0. The molecule has 0 bridgehead atoms. The molecule has 1 aromatic carbocycles. The van der Waals surface area contributed by atoms with Gasteiger partial charge in [0, 0.05) is 18.3 Å². The molecule has 0 radical (unpaired) electrons. The topological polar surface area (TPSA) is 17.1 Å². The van der Waals surface area contributed by atoms with Crippen molar-refractivity contribution in [3.8, 4) is 0 Å². The van der Waals surface area contributed by atoms with Gasteiger partial charge in [-0.25, -0.2) is 0 Å². The summed E-state index contributed by atoms with van der Waals surface area (Å²) in [6.45, 7) is 8.73. The Bertz CT molecular complexity index is 414. The maximum absolute atomic E-state index is 11.7. The molecule has 1 aliphatic rings. The average Bonchev–Trinajstić information content (AvgIpc) is 2.37. The van der Waals surface area contributed by atoms with Crippen LogP contribution in [0.1, 0.15) is 44.7 Å². The van der Waals surface area contributed by atoms with E-state index in [1.807, 2.05) is 0 Å². The van der Waals surface area contributed by atoms with Gasteiger partial charge < -0.3 is 0 Å². The lowest BCUT2D eigenvalue weighted by Crippen LogP contribution is -2.33. The Morgan fingerprint density at radius 1 is 1.00 bits per heavy atom. The van der Waals surface area contributed by atoms with Crippen molar-refractivity contribution in [2.75, 3.05) is 0 Å². The summed E-state index contributed by atoms with van der Waals surface area (Å²) in [6.07, 6.45) is 1.39. The Kier molecular flexibility index (Phi) is 2.45. The zero-order chi connectivity index (χ0) is 12.0. The summed E-state index contributed by atoms with van der Waals surface area (Å²) in [5.41, 5.74) is 2.64. The van der Waals surface area contributed by atoms with E-state index in [-0.39, 0.29) is 10.8 Å². The van der Waals surface area contributed by atoms with E-state index in [1.165, 1.54) is 11.1 Å². The molecule has 0 saturated heterocycles. The first-order valence-electron chi connectivity index (χ1n) is 5.94. The molecular weight excluding hydrogens is 196 g/mol. The van der Waals surface area contributed by atoms with E-state index < -0.39 is 0 Å². The predicted octanol–water partition coefficient (Wildman–Crippen LogP) is 3.64. The van der Waals surface area contributed by atoms with Crippen LogP contribution in [0.5, 0.6) is 0 Å². The molecule has 1 nitrogen and oxygen atoms in total. The summed E-state index contributed by atoms with van der Waals surface area (Å²) in [4.78, 5) is 11.7. The van der Waals surface area contributed by atoms with Gasteiger partial charge in [0.05, 0.1) is 0 Å². The Balaban J connectivity index is 2.46. The molecule has 1 heteroatoms. The molecule has 1 atom stereocenters. The van der Waals surface area contributed by atoms with E-state index in [0.717, 1.165) is 0 Å². The van der Waals surface area contributed by atoms with Crippen molar-refractivity contribution in [1.29, 1.82) is 0 Å². The molecule has 1 saturated carbocycles. The second-order valence-corrected chi connectivity index (χ2v) is 5.97. The number of hydrogen-bond acceptors (Lipinski definition) is 1. The smallest absolute Gasteiger partial charge is 0.134 e. The van der Waals surface area contributed by atoms with Crippen LogP contribution < -0.4 is 0 Å². The van der Waals surface area contributed by atoms with Gasteiger partial charge in [0.1, 0.15) is 5.78 Å². The second-order valence-electron chi connectivity index (χ2n) is 5.97. The number of aryl methyl sites for hydroxylation is 1. The average molecular weight is 216 g/mol. The molecule has 1 fully saturated rings. The molecule has 0 aromatic heterocycles. The lowest BCUT2D eigenvalue weighted by atomic mass is 9.65. The van der Waals surface area contributed by atoms with Crippen molar-refractivity contribution in [2.24, 2.45) is 5.41 Å². The summed E-state index contributed by atoms with van der Waals surface area (Å²) in [5, 5.41) is 0. The third kappa shape index (κ3) is 1.59. The fourth-order valence-corrected chi connectivity index (χ4v) is 2.80. The van der Waals surface area contributed by atoms with Crippen molar-refractivity contribution in [1.82, 2.24) is 0 Å². The van der Waals surface area contributed by atoms with Gasteiger partial charge >= 0.3 is 0 Å². The summed E-state index contributed by atoms with van der Waals surface area (Å²) in [6, 6.07) is 8.63. The van der Waals surface area contributed by atoms with Crippen LogP contribution in [0.4, 0.5) is 0 Å². The second kappa shape index (κ2) is 3.44. The Morgan fingerprint density at radius 2 is 1.56 bits per heavy atom. The van der Waals surface area contributed by atoms with E-state index in [4.69, 9.17) is 0 Å². The summed E-state index contributed by atoms with van der Waals surface area (Å²) in [7, 11) is 0. The highest BCUT2D eigenvalue weighted by atomic mass is 16.1. The van der Waals surface area contributed by atoms with E-state index in [0.29, 0.717) is 18.6 Å². The minimum atomic E-state index is -0.00220. The van der Waals surface area contributed by atoms with E-state index in [2.05, 4.69) is 52.0 Å². The maximum atomic E-state index is 11.7. The minimum absolute atomic E-state index is 0.00220. The van der Waals surface area contributed by atoms with Crippen LogP contribution in [0.25, 0.3) is 0 Å². The fourth-order valence-electron chi connectivity index (χ4n) is 2.80. The minimum Gasteiger partial charge on any atom is -0.300 e. The lowest BCUT2D eigenvalue weighted by Gasteiger charge is -2.38. The standard InChI is InChI=1S/C15H20O/c1-11-5-7-12(8-6-11)15(4)10-13(16)9-14(15,2)3/h5-8H,9-10H2,1-4H3/t15-/m0/s1. The molecule has 0 unspecified atom stereocenters. The van der Waals surface area contributed by atoms with Crippen LogP contribution in [0, 0.1) is 12.3 Å². The van der Waals surface area contributed by atoms with E-state index in [9.17, 15) is 4.79 Å². The van der Waals surface area contributed by atoms with E-state index in [1.54, 1.807) is 0 Å². The molecule has 0 spiro atoms. The van der Waals surface area contributed by atoms with Gasteiger partial charge in [-0.15, -0.1) is 0 Å².